The molecule has 1 saturated heterocycles. The van der Waals surface area contributed by atoms with Crippen molar-refractivity contribution in [3.05, 3.63) is 30.1 Å². The molecule has 5 nitrogen and oxygen atoms in total. The van der Waals surface area contributed by atoms with E-state index in [4.69, 9.17) is 0 Å². The Morgan fingerprint density at radius 3 is 2.91 bits per heavy atom. The molecule has 1 aliphatic heterocycles. The van der Waals surface area contributed by atoms with E-state index in [0.29, 0.717) is 5.41 Å². The van der Waals surface area contributed by atoms with Crippen molar-refractivity contribution in [2.75, 3.05) is 26.7 Å². The SMILES string of the molecule is CN=C(NCCCc1nc2ccccc2[nH]1)N1CCC(C)(C)C1. The zero-order chi connectivity index (χ0) is 16.3. The van der Waals surface area contributed by atoms with Crippen molar-refractivity contribution in [1.82, 2.24) is 20.2 Å². The molecule has 0 aliphatic carbocycles. The first-order valence-electron chi connectivity index (χ1n) is 8.47. The van der Waals surface area contributed by atoms with Crippen LogP contribution in [0.5, 0.6) is 0 Å². The van der Waals surface area contributed by atoms with E-state index in [-0.39, 0.29) is 0 Å². The summed E-state index contributed by atoms with van der Waals surface area (Å²) >= 11 is 0. The predicted octanol–water partition coefficient (Wildman–Crippen LogP) is 2.80. The molecule has 0 radical (unpaired) electrons. The summed E-state index contributed by atoms with van der Waals surface area (Å²) in [5, 5.41) is 3.49. The molecule has 0 amide bonds. The number of hydrogen-bond acceptors (Lipinski definition) is 2. The van der Waals surface area contributed by atoms with Gasteiger partial charge in [0.1, 0.15) is 5.82 Å². The number of aryl methyl sites for hydroxylation is 1. The van der Waals surface area contributed by atoms with Gasteiger partial charge in [-0.15, -0.1) is 0 Å². The number of imidazole rings is 1. The molecule has 0 spiro atoms. The van der Waals surface area contributed by atoms with Gasteiger partial charge in [-0.05, 0) is 30.4 Å². The molecular weight excluding hydrogens is 286 g/mol. The maximum Gasteiger partial charge on any atom is 0.193 e. The molecule has 1 fully saturated rings. The highest BCUT2D eigenvalue weighted by Crippen LogP contribution is 2.28. The molecule has 0 saturated carbocycles. The van der Waals surface area contributed by atoms with Gasteiger partial charge < -0.3 is 15.2 Å². The van der Waals surface area contributed by atoms with Gasteiger partial charge in [0.25, 0.3) is 0 Å². The van der Waals surface area contributed by atoms with Crippen LogP contribution in [0.4, 0.5) is 0 Å². The molecule has 124 valence electrons. The van der Waals surface area contributed by atoms with Gasteiger partial charge in [-0.25, -0.2) is 4.98 Å². The molecule has 0 bridgehead atoms. The molecule has 2 N–H and O–H groups in total. The average Bonchev–Trinajstić information content (AvgIpc) is 3.10. The summed E-state index contributed by atoms with van der Waals surface area (Å²) in [5.41, 5.74) is 2.56. The maximum absolute atomic E-state index is 4.62. The number of aliphatic imine (C=N–C) groups is 1. The van der Waals surface area contributed by atoms with Crippen molar-refractivity contribution < 1.29 is 0 Å². The Balaban J connectivity index is 1.47. The van der Waals surface area contributed by atoms with E-state index in [1.807, 2.05) is 25.2 Å². The first kappa shape index (κ1) is 15.8. The van der Waals surface area contributed by atoms with Crippen LogP contribution in [-0.2, 0) is 6.42 Å². The quantitative estimate of drug-likeness (QED) is 0.518. The first-order chi connectivity index (χ1) is 11.1. The number of aromatic nitrogens is 2. The molecule has 0 unspecified atom stereocenters. The number of aromatic amines is 1. The minimum atomic E-state index is 0.395. The van der Waals surface area contributed by atoms with Gasteiger partial charge in [-0.2, -0.15) is 0 Å². The number of rotatable bonds is 4. The van der Waals surface area contributed by atoms with Crippen LogP contribution in [0.15, 0.2) is 29.3 Å². The Morgan fingerprint density at radius 1 is 1.39 bits per heavy atom. The van der Waals surface area contributed by atoms with Crippen molar-refractivity contribution in [3.8, 4) is 0 Å². The topological polar surface area (TPSA) is 56.3 Å². The summed E-state index contributed by atoms with van der Waals surface area (Å²) in [5.74, 6) is 2.09. The lowest BCUT2D eigenvalue weighted by Gasteiger charge is -2.23. The van der Waals surface area contributed by atoms with E-state index in [2.05, 4.69) is 45.1 Å². The number of para-hydroxylation sites is 2. The Kier molecular flexibility index (Phi) is 4.55. The van der Waals surface area contributed by atoms with Gasteiger partial charge in [-0.1, -0.05) is 26.0 Å². The van der Waals surface area contributed by atoms with Gasteiger partial charge in [0.2, 0.25) is 0 Å². The van der Waals surface area contributed by atoms with Crippen LogP contribution in [0.3, 0.4) is 0 Å². The third-order valence-electron chi connectivity index (χ3n) is 4.50. The lowest BCUT2D eigenvalue weighted by molar-refractivity contribution is 0.370. The molecule has 5 heteroatoms. The van der Waals surface area contributed by atoms with Gasteiger partial charge in [0.05, 0.1) is 11.0 Å². The number of H-pyrrole nitrogens is 1. The van der Waals surface area contributed by atoms with Crippen molar-refractivity contribution in [2.45, 2.75) is 33.1 Å². The van der Waals surface area contributed by atoms with Crippen molar-refractivity contribution in [2.24, 2.45) is 10.4 Å². The largest absolute Gasteiger partial charge is 0.356 e. The molecule has 1 aromatic heterocycles. The summed E-state index contributed by atoms with van der Waals surface area (Å²) in [6, 6.07) is 8.18. The third kappa shape index (κ3) is 3.84. The molecule has 2 heterocycles. The lowest BCUT2D eigenvalue weighted by Crippen LogP contribution is -2.41. The van der Waals surface area contributed by atoms with E-state index in [1.165, 1.54) is 6.42 Å². The second-order valence-electron chi connectivity index (χ2n) is 7.11. The number of benzene rings is 1. The van der Waals surface area contributed by atoms with E-state index in [1.54, 1.807) is 0 Å². The standard InChI is InChI=1S/C18H27N5/c1-18(2)10-12-23(13-18)17(19-3)20-11-6-9-16-21-14-7-4-5-8-15(14)22-16/h4-5,7-8H,6,9-13H2,1-3H3,(H,19,20)(H,21,22). The number of guanidine groups is 1. The minimum absolute atomic E-state index is 0.395. The Morgan fingerprint density at radius 2 is 2.22 bits per heavy atom. The van der Waals surface area contributed by atoms with Crippen LogP contribution in [0.1, 0.15) is 32.5 Å². The fraction of sp³-hybridized carbons (Fsp3) is 0.556. The number of nitrogens with zero attached hydrogens (tertiary/aromatic N) is 3. The van der Waals surface area contributed by atoms with Crippen LogP contribution in [0.25, 0.3) is 11.0 Å². The number of fused-ring (bicyclic) bond motifs is 1. The number of likely N-dealkylation sites (tertiary alicyclic amines) is 1. The van der Waals surface area contributed by atoms with E-state index >= 15 is 0 Å². The van der Waals surface area contributed by atoms with Gasteiger partial charge in [0, 0.05) is 33.1 Å². The monoisotopic (exact) mass is 313 g/mol. The van der Waals surface area contributed by atoms with Crippen molar-refractivity contribution in [1.29, 1.82) is 0 Å². The normalized spacial score (nSPS) is 17.9. The molecule has 0 atom stereocenters. The number of nitrogens with one attached hydrogen (secondary N) is 2. The third-order valence-corrected chi connectivity index (χ3v) is 4.50. The van der Waals surface area contributed by atoms with Crippen LogP contribution in [0, 0.1) is 5.41 Å². The zero-order valence-corrected chi connectivity index (χ0v) is 14.4. The molecule has 3 rings (SSSR count). The maximum atomic E-state index is 4.62. The Hall–Kier alpha value is -2.04. The lowest BCUT2D eigenvalue weighted by atomic mass is 9.93. The molecule has 2 aromatic rings. The minimum Gasteiger partial charge on any atom is -0.356 e. The molecular formula is C18H27N5. The van der Waals surface area contributed by atoms with E-state index in [9.17, 15) is 0 Å². The molecule has 1 aromatic carbocycles. The molecule has 1 aliphatic rings. The van der Waals surface area contributed by atoms with Gasteiger partial charge >= 0.3 is 0 Å². The molecule has 23 heavy (non-hydrogen) atoms. The van der Waals surface area contributed by atoms with Crippen LogP contribution < -0.4 is 5.32 Å². The first-order valence-corrected chi connectivity index (χ1v) is 8.47. The van der Waals surface area contributed by atoms with E-state index in [0.717, 1.165) is 55.3 Å². The van der Waals surface area contributed by atoms with Gasteiger partial charge in [-0.3, -0.25) is 4.99 Å². The predicted molar refractivity (Wildman–Crippen MR) is 95.7 cm³/mol. The van der Waals surface area contributed by atoms with Crippen LogP contribution in [0.2, 0.25) is 0 Å². The van der Waals surface area contributed by atoms with Crippen LogP contribution in [-0.4, -0.2) is 47.5 Å². The second-order valence-corrected chi connectivity index (χ2v) is 7.11. The average molecular weight is 313 g/mol. The Labute approximate surface area is 138 Å². The summed E-state index contributed by atoms with van der Waals surface area (Å²) in [4.78, 5) is 14.8. The van der Waals surface area contributed by atoms with Gasteiger partial charge in [0.15, 0.2) is 5.96 Å². The summed E-state index contributed by atoms with van der Waals surface area (Å²) < 4.78 is 0. The Bertz CT molecular complexity index is 653. The van der Waals surface area contributed by atoms with Crippen molar-refractivity contribution in [3.63, 3.8) is 0 Å². The smallest absolute Gasteiger partial charge is 0.193 e. The fourth-order valence-corrected chi connectivity index (χ4v) is 3.21. The van der Waals surface area contributed by atoms with Crippen LogP contribution >= 0.6 is 0 Å². The fourth-order valence-electron chi connectivity index (χ4n) is 3.21. The summed E-state index contributed by atoms with van der Waals surface area (Å²) in [6.07, 6.45) is 3.22. The number of hydrogen-bond donors (Lipinski definition) is 2. The highest BCUT2D eigenvalue weighted by atomic mass is 15.3. The zero-order valence-electron chi connectivity index (χ0n) is 14.4. The highest BCUT2D eigenvalue weighted by molar-refractivity contribution is 5.80. The summed E-state index contributed by atoms with van der Waals surface area (Å²) in [6.45, 7) is 7.73. The van der Waals surface area contributed by atoms with E-state index < -0.39 is 0 Å². The highest BCUT2D eigenvalue weighted by Gasteiger charge is 2.30. The van der Waals surface area contributed by atoms with Crippen molar-refractivity contribution >= 4 is 17.0 Å². The summed E-state index contributed by atoms with van der Waals surface area (Å²) in [7, 11) is 1.87. The second kappa shape index (κ2) is 6.60.